The number of benzene rings is 6. The second-order valence-corrected chi connectivity index (χ2v) is 25.0. The van der Waals surface area contributed by atoms with Crippen molar-refractivity contribution in [2.45, 2.75) is 37.6 Å². The number of thiophene rings is 4. The molecule has 0 fully saturated rings. The first-order valence-electron chi connectivity index (χ1n) is 27.2. The van der Waals surface area contributed by atoms with Crippen LogP contribution in [0.2, 0.25) is 0 Å². The minimum Gasteiger partial charge on any atom is -0.458 e. The summed E-state index contributed by atoms with van der Waals surface area (Å²) in [5.41, 5.74) is -7.19. The molecule has 10 aromatic rings. The molecule has 6 heterocycles. The van der Waals surface area contributed by atoms with Crippen LogP contribution in [0.15, 0.2) is 169 Å². The summed E-state index contributed by atoms with van der Waals surface area (Å²) in [6.45, 7) is -1.65. The van der Waals surface area contributed by atoms with Gasteiger partial charge in [-0.2, -0.15) is 0 Å². The third-order valence-electron chi connectivity index (χ3n) is 15.3. The van der Waals surface area contributed by atoms with E-state index in [2.05, 4.69) is 0 Å². The summed E-state index contributed by atoms with van der Waals surface area (Å²) < 4.78 is 96.9. The van der Waals surface area contributed by atoms with Gasteiger partial charge in [0.1, 0.15) is 37.9 Å². The lowest BCUT2D eigenvalue weighted by Gasteiger charge is -2.33. The molecule has 444 valence electrons. The number of allylic oxidation sites excluding steroid dienone is 2. The van der Waals surface area contributed by atoms with Crippen molar-refractivity contribution >= 4 is 114 Å². The molecule has 22 heteroatoms. The topological polar surface area (TPSA) is 192 Å². The standard InChI is InChI=1S/C68H36F4O14S4/c69-44-22-21-39-49(52(44)72)56(76)43(53(39)73)24-38-26-48-58(88-38)60-51(68(86-48,65(79)83-31-35-17-9-3-10-18-35)66(80)84-32-36-19-11-4-12-20-36)62-61(90-60)50-59(89-62)57-47(25-37(87-57)23-42-54(74)40-27-45(70)46(71)28-41(40)55(42)75)85-67(50,63(77)81-29-33-13-5-1-6-14-33)64(78)82-30-34-15-7-2-8-16-34/h1-28H,29-32H2/b43-24+. The number of halogens is 4. The molecule has 2 aliphatic heterocycles. The van der Waals surface area contributed by atoms with Crippen LogP contribution >= 0.6 is 45.3 Å². The van der Waals surface area contributed by atoms with E-state index in [0.29, 0.717) is 34.4 Å². The third kappa shape index (κ3) is 9.40. The lowest BCUT2D eigenvalue weighted by molar-refractivity contribution is -0.184. The maximum atomic E-state index is 15.7. The highest BCUT2D eigenvalue weighted by Crippen LogP contribution is 2.64. The van der Waals surface area contributed by atoms with E-state index in [4.69, 9.17) is 28.4 Å². The fourth-order valence-electron chi connectivity index (χ4n) is 11.0. The quantitative estimate of drug-likeness (QED) is 0.0249. The van der Waals surface area contributed by atoms with Crippen LogP contribution in [0.4, 0.5) is 17.6 Å². The molecule has 0 atom stereocenters. The Bertz CT molecular complexity index is 4680. The lowest BCUT2D eigenvalue weighted by Crippen LogP contribution is -2.52. The third-order valence-corrected chi connectivity index (χ3v) is 20.3. The number of esters is 4. The number of rotatable bonds is 14. The number of carbonyl (C=O) groups is 8. The van der Waals surface area contributed by atoms with Gasteiger partial charge in [-0.1, -0.05) is 121 Å². The van der Waals surface area contributed by atoms with E-state index < -0.39 is 125 Å². The van der Waals surface area contributed by atoms with Gasteiger partial charge < -0.3 is 28.4 Å². The van der Waals surface area contributed by atoms with Crippen LogP contribution in [0.25, 0.3) is 41.1 Å². The molecule has 0 saturated carbocycles. The minimum atomic E-state index is -2.95. The summed E-state index contributed by atoms with van der Waals surface area (Å²) in [4.78, 5) is 119. The van der Waals surface area contributed by atoms with Crippen molar-refractivity contribution in [3.05, 3.63) is 258 Å². The van der Waals surface area contributed by atoms with Crippen LogP contribution < -0.4 is 9.47 Å². The summed E-state index contributed by atoms with van der Waals surface area (Å²) in [5, 5.41) is 0. The van der Waals surface area contributed by atoms with Gasteiger partial charge in [-0.15, -0.1) is 45.3 Å². The van der Waals surface area contributed by atoms with Gasteiger partial charge in [-0.25, -0.2) is 36.7 Å². The van der Waals surface area contributed by atoms with Crippen molar-refractivity contribution in [1.29, 1.82) is 0 Å². The summed E-state index contributed by atoms with van der Waals surface area (Å²) in [6, 6.07) is 39.6. The van der Waals surface area contributed by atoms with Gasteiger partial charge >= 0.3 is 35.1 Å². The van der Waals surface area contributed by atoms with Gasteiger partial charge in [-0.05, 0) is 70.8 Å². The van der Waals surface area contributed by atoms with Gasteiger partial charge in [0, 0.05) is 26.4 Å². The van der Waals surface area contributed by atoms with E-state index in [1.165, 1.54) is 18.2 Å². The predicted molar refractivity (Wildman–Crippen MR) is 322 cm³/mol. The molecular weight excluding hydrogens is 1240 g/mol. The van der Waals surface area contributed by atoms with Gasteiger partial charge in [-0.3, -0.25) is 19.2 Å². The molecule has 0 N–H and O–H groups in total. The van der Waals surface area contributed by atoms with Gasteiger partial charge in [0.05, 0.1) is 56.7 Å². The van der Waals surface area contributed by atoms with Crippen LogP contribution in [0, 0.1) is 23.3 Å². The van der Waals surface area contributed by atoms with Crippen molar-refractivity contribution in [2.75, 3.05) is 0 Å². The Morgan fingerprint density at radius 2 is 0.744 bits per heavy atom. The smallest absolute Gasteiger partial charge is 0.367 e. The van der Waals surface area contributed by atoms with Crippen molar-refractivity contribution in [3.8, 4) is 31.0 Å². The zero-order chi connectivity index (χ0) is 62.3. The van der Waals surface area contributed by atoms with Crippen LogP contribution in [0.5, 0.6) is 11.5 Å². The molecule has 2 aliphatic carbocycles. The van der Waals surface area contributed by atoms with E-state index in [1.54, 1.807) is 121 Å². The Labute approximate surface area is 521 Å². The van der Waals surface area contributed by atoms with Crippen LogP contribution in [-0.2, 0) is 75.8 Å². The summed E-state index contributed by atoms with van der Waals surface area (Å²) in [6.07, 6.45) is 2.33. The normalized spacial score (nSPS) is 15.0. The Morgan fingerprint density at radius 3 is 1.11 bits per heavy atom. The number of Topliss-reactive ketones (excluding diaryl/α,β-unsaturated/α-hetero) is 4. The van der Waals surface area contributed by atoms with Gasteiger partial charge in [0.2, 0.25) is 5.78 Å². The van der Waals surface area contributed by atoms with Crippen molar-refractivity contribution < 1.29 is 84.3 Å². The van der Waals surface area contributed by atoms with E-state index in [0.717, 1.165) is 63.6 Å². The second-order valence-electron chi connectivity index (χ2n) is 20.8. The molecule has 4 aliphatic rings. The number of carbonyl (C=O) groups excluding carboxylic acids is 8. The molecule has 0 spiro atoms. The average Bonchev–Trinajstić information content (AvgIpc) is 1.51. The Morgan fingerprint density at radius 1 is 0.400 bits per heavy atom. The SMILES string of the molecule is O=C1C(=Cc2cc3c(s2)-c2sc4c5c(sc4c2C(C(=O)OCc2ccccc2)(C(=O)OCc2ccccc2)O3)-c2sc(/C=C3\C(=O)c4ccc(F)c(F)c4C3=O)cc2OC5(C(=O)OCc2ccccc2)C(=O)OCc2ccccc2)C(=O)c2cc(F)c(F)cc21. The van der Waals surface area contributed by atoms with E-state index in [1.807, 2.05) is 0 Å². The van der Waals surface area contributed by atoms with E-state index in [9.17, 15) is 32.3 Å². The highest BCUT2D eigenvalue weighted by molar-refractivity contribution is 7.34. The largest absolute Gasteiger partial charge is 0.458 e. The first-order chi connectivity index (χ1) is 43.5. The zero-order valence-corrected chi connectivity index (χ0v) is 49.1. The lowest BCUT2D eigenvalue weighted by atomic mass is 9.88. The number of fused-ring (bicyclic) bond motifs is 11. The number of hydrogen-bond donors (Lipinski definition) is 0. The monoisotopic (exact) mass is 1280 g/mol. The summed E-state index contributed by atoms with van der Waals surface area (Å²) in [7, 11) is 0. The van der Waals surface area contributed by atoms with Crippen LogP contribution in [0.1, 0.15) is 84.6 Å². The first kappa shape index (κ1) is 57.5. The van der Waals surface area contributed by atoms with Crippen LogP contribution in [-0.4, -0.2) is 47.0 Å². The Hall–Kier alpha value is -10.3. The predicted octanol–water partition coefficient (Wildman–Crippen LogP) is 14.1. The molecule has 0 saturated heterocycles. The molecule has 6 aromatic carbocycles. The molecular formula is C68H36F4O14S4. The first-order valence-corrected chi connectivity index (χ1v) is 30.5. The van der Waals surface area contributed by atoms with E-state index >= 15 is 23.6 Å². The van der Waals surface area contributed by atoms with Gasteiger partial charge in [0.25, 0.3) is 0 Å². The fourth-order valence-corrected chi connectivity index (χ4v) is 16.4. The van der Waals surface area contributed by atoms with Crippen molar-refractivity contribution in [2.24, 2.45) is 0 Å². The Kier molecular flexibility index (Phi) is 14.3. The number of hydrogen-bond acceptors (Lipinski definition) is 18. The van der Waals surface area contributed by atoms with Crippen LogP contribution in [0.3, 0.4) is 0 Å². The zero-order valence-electron chi connectivity index (χ0n) is 45.9. The molecule has 14 rings (SSSR count). The maximum Gasteiger partial charge on any atom is 0.367 e. The summed E-state index contributed by atoms with van der Waals surface area (Å²) in [5.74, 6) is -15.0. The van der Waals surface area contributed by atoms with Crippen molar-refractivity contribution in [3.63, 3.8) is 0 Å². The second kappa shape index (κ2) is 22.4. The highest BCUT2D eigenvalue weighted by Gasteiger charge is 2.64. The molecule has 0 unspecified atom stereocenters. The Balaban J connectivity index is 1.01. The number of ketones is 4. The number of ether oxygens (including phenoxy) is 6. The summed E-state index contributed by atoms with van der Waals surface area (Å²) >= 11 is 3.58. The average molecular weight is 1280 g/mol. The molecule has 14 nitrogen and oxygen atoms in total. The highest BCUT2D eigenvalue weighted by atomic mass is 32.1. The molecule has 0 radical (unpaired) electrons. The molecule has 0 amide bonds. The van der Waals surface area contributed by atoms with Crippen molar-refractivity contribution in [1.82, 2.24) is 0 Å². The maximum absolute atomic E-state index is 15.7. The van der Waals surface area contributed by atoms with Gasteiger partial charge in [0.15, 0.2) is 40.6 Å². The fraction of sp³-hybridized carbons (Fsp3) is 0.0882. The minimum absolute atomic E-state index is 0.0304. The molecule has 4 aromatic heterocycles. The molecule has 90 heavy (non-hydrogen) atoms. The molecule has 0 bridgehead atoms. The van der Waals surface area contributed by atoms with E-state index in [-0.39, 0.29) is 78.0 Å².